The van der Waals surface area contributed by atoms with Crippen LogP contribution in [0.3, 0.4) is 0 Å². The molecule has 2 rings (SSSR count). The summed E-state index contributed by atoms with van der Waals surface area (Å²) in [5.74, 6) is 0.157. The third-order valence-corrected chi connectivity index (χ3v) is 5.56. The summed E-state index contributed by atoms with van der Waals surface area (Å²) in [5.41, 5.74) is 3.19. The molecule has 0 saturated carbocycles. The number of benzene rings is 2. The molecule has 5 nitrogen and oxygen atoms in total. The molecule has 0 heterocycles. The Hall–Kier alpha value is -2.18. The lowest BCUT2D eigenvalue weighted by Gasteiger charge is -2.11. The predicted octanol–water partition coefficient (Wildman–Crippen LogP) is 3.88. The smallest absolute Gasteiger partial charge is 0.255 e. The minimum atomic E-state index is -3.55. The van der Waals surface area contributed by atoms with Gasteiger partial charge in [0.05, 0.1) is 4.90 Å². The normalized spacial score (nSPS) is 11.6. The minimum absolute atomic E-state index is 0.157. The molecule has 0 aliphatic rings. The van der Waals surface area contributed by atoms with Crippen LogP contribution >= 0.6 is 0 Å². The van der Waals surface area contributed by atoms with Gasteiger partial charge in [-0.2, -0.15) is 0 Å². The molecule has 140 valence electrons. The van der Waals surface area contributed by atoms with Gasteiger partial charge in [-0.3, -0.25) is 4.79 Å². The third kappa shape index (κ3) is 5.41. The number of rotatable bonds is 7. The van der Waals surface area contributed by atoms with Gasteiger partial charge in [0.2, 0.25) is 10.0 Å². The molecule has 0 saturated heterocycles. The summed E-state index contributed by atoms with van der Waals surface area (Å²) in [4.78, 5) is 12.6. The zero-order valence-corrected chi connectivity index (χ0v) is 16.5. The molecule has 6 heteroatoms. The fraction of sp³-hybridized carbons (Fsp3) is 0.350. The number of anilines is 1. The maximum atomic E-state index is 12.4. The molecule has 0 aliphatic heterocycles. The fourth-order valence-corrected chi connectivity index (χ4v) is 3.46. The lowest BCUT2D eigenvalue weighted by molar-refractivity contribution is 0.102. The van der Waals surface area contributed by atoms with E-state index in [4.69, 9.17) is 0 Å². The Bertz CT molecular complexity index is 872. The largest absolute Gasteiger partial charge is 0.322 e. The summed E-state index contributed by atoms with van der Waals surface area (Å²) in [5, 5.41) is 2.87. The Morgan fingerprint density at radius 2 is 1.69 bits per heavy atom. The van der Waals surface area contributed by atoms with E-state index in [1.807, 2.05) is 45.9 Å². The highest BCUT2D eigenvalue weighted by Gasteiger charge is 2.15. The number of aryl methyl sites for hydroxylation is 2. The summed E-state index contributed by atoms with van der Waals surface area (Å²) in [6.45, 7) is 8.36. The van der Waals surface area contributed by atoms with Crippen molar-refractivity contribution in [2.75, 3.05) is 11.9 Å². The van der Waals surface area contributed by atoms with E-state index in [0.717, 1.165) is 23.2 Å². The molecule has 0 bridgehead atoms. The van der Waals surface area contributed by atoms with Gasteiger partial charge in [0.15, 0.2) is 0 Å². The van der Waals surface area contributed by atoms with E-state index in [1.54, 1.807) is 0 Å². The van der Waals surface area contributed by atoms with E-state index in [0.29, 0.717) is 18.0 Å². The molecule has 0 aliphatic carbocycles. The predicted molar refractivity (Wildman–Crippen MR) is 105 cm³/mol. The van der Waals surface area contributed by atoms with Crippen LogP contribution in [0.2, 0.25) is 0 Å². The van der Waals surface area contributed by atoms with Gasteiger partial charge in [0, 0.05) is 17.8 Å². The first-order chi connectivity index (χ1) is 12.2. The molecule has 0 unspecified atom stereocenters. The lowest BCUT2D eigenvalue weighted by Crippen LogP contribution is -2.25. The summed E-state index contributed by atoms with van der Waals surface area (Å²) >= 11 is 0. The van der Waals surface area contributed by atoms with E-state index >= 15 is 0 Å². The minimum Gasteiger partial charge on any atom is -0.322 e. The molecule has 1 amide bonds. The molecule has 0 radical (unpaired) electrons. The van der Waals surface area contributed by atoms with Gasteiger partial charge < -0.3 is 5.32 Å². The first-order valence-corrected chi connectivity index (χ1v) is 10.2. The van der Waals surface area contributed by atoms with E-state index in [9.17, 15) is 13.2 Å². The average molecular weight is 375 g/mol. The molecule has 0 aromatic heterocycles. The van der Waals surface area contributed by atoms with Crippen LogP contribution in [-0.2, 0) is 10.0 Å². The molecule has 2 N–H and O–H groups in total. The SMILES string of the molecule is Cc1ccc(C)c(NC(=O)c2ccc(S(=O)(=O)NCCC(C)C)cc2)c1. The molecular formula is C20H26N2O3S. The maximum absolute atomic E-state index is 12.4. The highest BCUT2D eigenvalue weighted by atomic mass is 32.2. The Balaban J connectivity index is 2.08. The van der Waals surface area contributed by atoms with Crippen molar-refractivity contribution in [3.63, 3.8) is 0 Å². The van der Waals surface area contributed by atoms with Crippen molar-refractivity contribution in [2.24, 2.45) is 5.92 Å². The highest BCUT2D eigenvalue weighted by Crippen LogP contribution is 2.18. The monoisotopic (exact) mass is 374 g/mol. The number of sulfonamides is 1. The van der Waals surface area contributed by atoms with Crippen LogP contribution in [0.25, 0.3) is 0 Å². The molecule has 0 atom stereocenters. The fourth-order valence-electron chi connectivity index (χ4n) is 2.42. The van der Waals surface area contributed by atoms with Crippen LogP contribution in [0.5, 0.6) is 0 Å². The van der Waals surface area contributed by atoms with Crippen molar-refractivity contribution in [1.82, 2.24) is 4.72 Å². The number of hydrogen-bond acceptors (Lipinski definition) is 3. The van der Waals surface area contributed by atoms with Gasteiger partial charge in [-0.15, -0.1) is 0 Å². The lowest BCUT2D eigenvalue weighted by atomic mass is 10.1. The first-order valence-electron chi connectivity index (χ1n) is 8.67. The topological polar surface area (TPSA) is 75.3 Å². The molecule has 0 fully saturated rings. The zero-order valence-electron chi connectivity index (χ0n) is 15.7. The van der Waals surface area contributed by atoms with Crippen LogP contribution in [-0.4, -0.2) is 20.9 Å². The quantitative estimate of drug-likeness (QED) is 0.772. The number of hydrogen-bond donors (Lipinski definition) is 2. The van der Waals surface area contributed by atoms with Gasteiger partial charge in [0.25, 0.3) is 5.91 Å². The van der Waals surface area contributed by atoms with Gasteiger partial charge in [0.1, 0.15) is 0 Å². The van der Waals surface area contributed by atoms with Crippen LogP contribution in [0.1, 0.15) is 41.8 Å². The summed E-state index contributed by atoms with van der Waals surface area (Å²) in [6.07, 6.45) is 0.773. The van der Waals surface area contributed by atoms with Crippen LogP contribution in [0, 0.1) is 19.8 Å². The van der Waals surface area contributed by atoms with E-state index in [2.05, 4.69) is 10.0 Å². The molecule has 2 aromatic rings. The van der Waals surface area contributed by atoms with Gasteiger partial charge in [-0.1, -0.05) is 26.0 Å². The Kier molecular flexibility index (Phi) is 6.56. The Labute approximate surface area is 155 Å². The summed E-state index contributed by atoms with van der Waals surface area (Å²) in [7, 11) is -3.55. The molecule has 26 heavy (non-hydrogen) atoms. The second-order valence-corrected chi connectivity index (χ2v) is 8.64. The molecular weight excluding hydrogens is 348 g/mol. The van der Waals surface area contributed by atoms with Crippen LogP contribution in [0.4, 0.5) is 5.69 Å². The second-order valence-electron chi connectivity index (χ2n) is 6.88. The second kappa shape index (κ2) is 8.47. The number of carbonyl (C=O) groups excluding carboxylic acids is 1. The first kappa shape index (κ1) is 20.1. The Morgan fingerprint density at radius 1 is 1.04 bits per heavy atom. The zero-order chi connectivity index (χ0) is 19.3. The van der Waals surface area contributed by atoms with Crippen molar-refractivity contribution in [3.05, 3.63) is 59.2 Å². The number of nitrogens with one attached hydrogen (secondary N) is 2. The van der Waals surface area contributed by atoms with E-state index in [-0.39, 0.29) is 10.8 Å². The molecule has 0 spiro atoms. The average Bonchev–Trinajstić information content (AvgIpc) is 2.57. The van der Waals surface area contributed by atoms with E-state index in [1.165, 1.54) is 24.3 Å². The van der Waals surface area contributed by atoms with Crippen molar-refractivity contribution in [1.29, 1.82) is 0 Å². The van der Waals surface area contributed by atoms with Crippen molar-refractivity contribution < 1.29 is 13.2 Å². The standard InChI is InChI=1S/C20H26N2O3S/c1-14(2)11-12-21-26(24,25)18-9-7-17(8-10-18)20(23)22-19-13-15(3)5-6-16(19)4/h5-10,13-14,21H,11-12H2,1-4H3,(H,22,23). The van der Waals surface area contributed by atoms with Crippen molar-refractivity contribution >= 4 is 21.6 Å². The van der Waals surface area contributed by atoms with Gasteiger partial charge in [-0.05, 0) is 67.6 Å². The Morgan fingerprint density at radius 3 is 2.31 bits per heavy atom. The number of amides is 1. The van der Waals surface area contributed by atoms with Crippen molar-refractivity contribution in [2.45, 2.75) is 39.0 Å². The van der Waals surface area contributed by atoms with Gasteiger partial charge >= 0.3 is 0 Å². The highest BCUT2D eigenvalue weighted by molar-refractivity contribution is 7.89. The summed E-state index contributed by atoms with van der Waals surface area (Å²) in [6, 6.07) is 11.8. The summed E-state index contributed by atoms with van der Waals surface area (Å²) < 4.78 is 27.1. The van der Waals surface area contributed by atoms with Crippen molar-refractivity contribution in [3.8, 4) is 0 Å². The van der Waals surface area contributed by atoms with E-state index < -0.39 is 10.0 Å². The maximum Gasteiger partial charge on any atom is 0.255 e. The van der Waals surface area contributed by atoms with Gasteiger partial charge in [-0.25, -0.2) is 13.1 Å². The van der Waals surface area contributed by atoms with Crippen LogP contribution in [0.15, 0.2) is 47.4 Å². The number of carbonyl (C=O) groups is 1. The molecule has 2 aromatic carbocycles. The third-order valence-electron chi connectivity index (χ3n) is 4.08. The van der Waals surface area contributed by atoms with Crippen LogP contribution < -0.4 is 10.0 Å².